The van der Waals surface area contributed by atoms with Crippen molar-refractivity contribution in [3.8, 4) is 0 Å². The SMILES string of the molecule is CCCCCCCC.[NH4+].c1ccc([B-](c2ccccc2)(c2ccccc2)c2ccccc2)cc1. The van der Waals surface area contributed by atoms with Gasteiger partial charge < -0.3 is 6.15 Å². The van der Waals surface area contributed by atoms with Crippen LogP contribution in [0.5, 0.6) is 0 Å². The Hall–Kier alpha value is -3.10. The zero-order valence-electron chi connectivity index (χ0n) is 21.4. The molecule has 0 aliphatic rings. The maximum Gasteiger partial charge on any atom is 0.108 e. The van der Waals surface area contributed by atoms with E-state index in [0.717, 1.165) is 0 Å². The van der Waals surface area contributed by atoms with Crippen LogP contribution in [-0.2, 0) is 0 Å². The molecule has 0 amide bonds. The number of quaternary nitrogens is 1. The molecule has 0 aliphatic heterocycles. The molecule has 4 rings (SSSR count). The monoisotopic (exact) mass is 451 g/mol. The Morgan fingerprint density at radius 2 is 0.618 bits per heavy atom. The van der Waals surface area contributed by atoms with Gasteiger partial charge in [0.1, 0.15) is 6.15 Å². The fourth-order valence-electron chi connectivity index (χ4n) is 4.98. The standard InChI is InChI=1S/C24H20B.C8H18.H3N/c1-5-13-21(14-6-1)25(22-15-7-2-8-16-22,23-17-9-3-10-18-23)24-19-11-4-12-20-24;1-3-5-7-8-6-4-2;/h1-20H;3-8H2,1-2H3;1H3/q-1;;/p+1. The Balaban J connectivity index is 0.000000394. The van der Waals surface area contributed by atoms with Crippen LogP contribution < -0.4 is 28.0 Å². The fourth-order valence-corrected chi connectivity index (χ4v) is 4.98. The molecule has 0 saturated heterocycles. The van der Waals surface area contributed by atoms with Crippen molar-refractivity contribution in [2.75, 3.05) is 0 Å². The lowest BCUT2D eigenvalue weighted by molar-refractivity contribution is 0.624. The van der Waals surface area contributed by atoms with Gasteiger partial charge in [0.05, 0.1) is 0 Å². The average molecular weight is 452 g/mol. The van der Waals surface area contributed by atoms with Gasteiger partial charge >= 0.3 is 0 Å². The molecule has 0 saturated carbocycles. The van der Waals surface area contributed by atoms with Crippen LogP contribution in [0.25, 0.3) is 0 Å². The maximum absolute atomic E-state index is 2.26. The summed E-state index contributed by atoms with van der Waals surface area (Å²) in [5.41, 5.74) is 5.36. The molecule has 0 heterocycles. The van der Waals surface area contributed by atoms with Crippen LogP contribution in [0.1, 0.15) is 52.4 Å². The minimum Gasteiger partial charge on any atom is -0.369 e. The normalized spacial score (nSPS) is 10.5. The van der Waals surface area contributed by atoms with Crippen molar-refractivity contribution in [3.63, 3.8) is 0 Å². The molecule has 34 heavy (non-hydrogen) atoms. The second-order valence-electron chi connectivity index (χ2n) is 8.92. The first-order chi connectivity index (χ1) is 16.3. The van der Waals surface area contributed by atoms with Gasteiger partial charge in [-0.2, -0.15) is 21.9 Å². The van der Waals surface area contributed by atoms with E-state index < -0.39 is 6.15 Å². The highest BCUT2D eigenvalue weighted by atomic mass is 14.1. The van der Waals surface area contributed by atoms with Crippen LogP contribution in [0.4, 0.5) is 0 Å². The van der Waals surface area contributed by atoms with E-state index in [2.05, 4.69) is 135 Å². The summed E-state index contributed by atoms with van der Waals surface area (Å²) < 4.78 is 0. The number of hydrogen-bond donors (Lipinski definition) is 1. The summed E-state index contributed by atoms with van der Waals surface area (Å²) in [6.07, 6.45) is 7.27. The summed E-state index contributed by atoms with van der Waals surface area (Å²) in [6, 6.07) is 43.5. The van der Waals surface area contributed by atoms with Gasteiger partial charge in [-0.25, -0.2) is 0 Å². The van der Waals surface area contributed by atoms with Crippen LogP contribution in [0, 0.1) is 0 Å². The summed E-state index contributed by atoms with van der Waals surface area (Å²) in [4.78, 5) is 0. The summed E-state index contributed by atoms with van der Waals surface area (Å²) in [5.74, 6) is 0. The lowest BCUT2D eigenvalue weighted by Gasteiger charge is -2.44. The van der Waals surface area contributed by atoms with E-state index in [1.165, 1.54) is 60.4 Å². The molecule has 0 atom stereocenters. The van der Waals surface area contributed by atoms with Gasteiger partial charge in [0.2, 0.25) is 0 Å². The van der Waals surface area contributed by atoms with Crippen molar-refractivity contribution in [2.24, 2.45) is 0 Å². The Bertz CT molecular complexity index is 848. The molecule has 0 fully saturated rings. The van der Waals surface area contributed by atoms with Crippen molar-refractivity contribution in [3.05, 3.63) is 121 Å². The lowest BCUT2D eigenvalue weighted by Crippen LogP contribution is -2.74. The summed E-state index contributed by atoms with van der Waals surface area (Å²) in [6.45, 7) is 4.51. The number of hydrogen-bond acceptors (Lipinski definition) is 0. The molecule has 4 aromatic carbocycles. The summed E-state index contributed by atoms with van der Waals surface area (Å²) >= 11 is 0. The molecule has 4 N–H and O–H groups in total. The van der Waals surface area contributed by atoms with Crippen molar-refractivity contribution in [1.82, 2.24) is 6.15 Å². The van der Waals surface area contributed by atoms with Gasteiger partial charge in [0.25, 0.3) is 0 Å². The minimum absolute atomic E-state index is 0. The molecule has 0 unspecified atom stereocenters. The molecule has 178 valence electrons. The van der Waals surface area contributed by atoms with Crippen LogP contribution in [-0.4, -0.2) is 6.15 Å². The highest BCUT2D eigenvalue weighted by Crippen LogP contribution is 2.09. The summed E-state index contributed by atoms with van der Waals surface area (Å²) in [7, 11) is 0. The van der Waals surface area contributed by atoms with Crippen molar-refractivity contribution in [2.45, 2.75) is 52.4 Å². The second kappa shape index (κ2) is 14.9. The summed E-state index contributed by atoms with van der Waals surface area (Å²) in [5, 5.41) is 0. The van der Waals surface area contributed by atoms with Gasteiger partial charge in [-0.15, -0.1) is 0 Å². The molecule has 1 nitrogen and oxygen atoms in total. The van der Waals surface area contributed by atoms with Crippen LogP contribution in [0.15, 0.2) is 121 Å². The molecule has 0 aliphatic carbocycles. The number of benzene rings is 4. The van der Waals surface area contributed by atoms with E-state index >= 15 is 0 Å². The topological polar surface area (TPSA) is 36.5 Å². The lowest BCUT2D eigenvalue weighted by atomic mass is 9.13. The fraction of sp³-hybridized carbons (Fsp3) is 0.250. The number of rotatable bonds is 9. The van der Waals surface area contributed by atoms with Gasteiger partial charge in [-0.1, -0.05) is 174 Å². The van der Waals surface area contributed by atoms with Crippen LogP contribution >= 0.6 is 0 Å². The van der Waals surface area contributed by atoms with Gasteiger partial charge in [-0.3, -0.25) is 0 Å². The van der Waals surface area contributed by atoms with Crippen LogP contribution in [0.3, 0.4) is 0 Å². The number of unbranched alkanes of at least 4 members (excludes halogenated alkanes) is 5. The first kappa shape index (κ1) is 27.2. The van der Waals surface area contributed by atoms with Crippen LogP contribution in [0.2, 0.25) is 0 Å². The van der Waals surface area contributed by atoms with Gasteiger partial charge in [-0.05, 0) is 0 Å². The molecule has 2 heteroatoms. The van der Waals surface area contributed by atoms with Crippen molar-refractivity contribution >= 4 is 28.0 Å². The maximum atomic E-state index is 2.26. The predicted molar refractivity (Wildman–Crippen MR) is 155 cm³/mol. The molecule has 0 spiro atoms. The molecular formula is C32H42BN. The molecule has 4 aromatic rings. The minimum atomic E-state index is -1.22. The third kappa shape index (κ3) is 6.71. The zero-order chi connectivity index (χ0) is 23.2. The first-order valence-electron chi connectivity index (χ1n) is 12.7. The van der Waals surface area contributed by atoms with E-state index in [0.29, 0.717) is 0 Å². The second-order valence-corrected chi connectivity index (χ2v) is 8.92. The third-order valence-corrected chi connectivity index (χ3v) is 6.66. The molecule has 0 bridgehead atoms. The Morgan fingerprint density at radius 1 is 0.382 bits per heavy atom. The van der Waals surface area contributed by atoms with E-state index in [1.807, 2.05) is 0 Å². The largest absolute Gasteiger partial charge is 0.369 e. The Labute approximate surface area is 207 Å². The van der Waals surface area contributed by atoms with Gasteiger partial charge in [0.15, 0.2) is 0 Å². The average Bonchev–Trinajstić information content (AvgIpc) is 2.90. The van der Waals surface area contributed by atoms with Gasteiger partial charge in [0, 0.05) is 0 Å². The van der Waals surface area contributed by atoms with Crippen molar-refractivity contribution in [1.29, 1.82) is 0 Å². The van der Waals surface area contributed by atoms with E-state index in [9.17, 15) is 0 Å². The Kier molecular flexibility index (Phi) is 11.9. The zero-order valence-corrected chi connectivity index (χ0v) is 21.4. The van der Waals surface area contributed by atoms with E-state index in [-0.39, 0.29) is 6.15 Å². The molecular weight excluding hydrogens is 409 g/mol. The molecule has 0 aromatic heterocycles. The predicted octanol–water partition coefficient (Wildman–Crippen LogP) is 6.81. The third-order valence-electron chi connectivity index (χ3n) is 6.66. The Morgan fingerprint density at radius 3 is 0.824 bits per heavy atom. The molecule has 0 radical (unpaired) electrons. The quantitative estimate of drug-likeness (QED) is 0.214. The van der Waals surface area contributed by atoms with Crippen molar-refractivity contribution < 1.29 is 0 Å². The van der Waals surface area contributed by atoms with E-state index in [1.54, 1.807) is 0 Å². The smallest absolute Gasteiger partial charge is 0.108 e. The van der Waals surface area contributed by atoms with E-state index in [4.69, 9.17) is 0 Å². The highest BCUT2D eigenvalue weighted by molar-refractivity contribution is 7.19. The highest BCUT2D eigenvalue weighted by Gasteiger charge is 2.30. The first-order valence-corrected chi connectivity index (χ1v) is 12.7.